The predicted molar refractivity (Wildman–Crippen MR) is 83.9 cm³/mol. The van der Waals surface area contributed by atoms with E-state index in [2.05, 4.69) is 5.32 Å². The molecule has 20 heavy (non-hydrogen) atoms. The lowest BCUT2D eigenvalue weighted by Crippen LogP contribution is -2.30. The summed E-state index contributed by atoms with van der Waals surface area (Å²) in [5.41, 5.74) is 9.20. The summed E-state index contributed by atoms with van der Waals surface area (Å²) in [5, 5.41) is 2.82. The van der Waals surface area contributed by atoms with Gasteiger partial charge in [-0.15, -0.1) is 0 Å². The van der Waals surface area contributed by atoms with Gasteiger partial charge in [0.05, 0.1) is 17.9 Å². The Hall–Kier alpha value is -2.49. The zero-order valence-electron chi connectivity index (χ0n) is 11.8. The molecule has 0 saturated heterocycles. The van der Waals surface area contributed by atoms with Gasteiger partial charge in [0.1, 0.15) is 0 Å². The van der Waals surface area contributed by atoms with Crippen LogP contribution in [0, 0.1) is 6.92 Å². The van der Waals surface area contributed by atoms with Crippen molar-refractivity contribution in [2.45, 2.75) is 6.92 Å². The Morgan fingerprint density at radius 1 is 1.20 bits per heavy atom. The van der Waals surface area contributed by atoms with Crippen molar-refractivity contribution in [1.82, 2.24) is 0 Å². The Morgan fingerprint density at radius 3 is 2.65 bits per heavy atom. The number of aryl methyl sites for hydroxylation is 1. The van der Waals surface area contributed by atoms with Crippen LogP contribution in [0.1, 0.15) is 5.56 Å². The summed E-state index contributed by atoms with van der Waals surface area (Å²) in [5.74, 6) is -0.0908. The number of benzene rings is 2. The van der Waals surface area contributed by atoms with Crippen LogP contribution in [-0.2, 0) is 4.79 Å². The molecule has 0 heterocycles. The molecule has 0 bridgehead atoms. The molecule has 0 fully saturated rings. The van der Waals surface area contributed by atoms with Crippen molar-refractivity contribution < 1.29 is 4.79 Å². The van der Waals surface area contributed by atoms with E-state index in [4.69, 9.17) is 5.73 Å². The minimum Gasteiger partial charge on any atom is -0.397 e. The number of carbonyl (C=O) groups excluding carboxylic acids is 1. The van der Waals surface area contributed by atoms with Gasteiger partial charge in [-0.3, -0.25) is 4.79 Å². The van der Waals surface area contributed by atoms with Crippen LogP contribution in [-0.4, -0.2) is 19.5 Å². The summed E-state index contributed by atoms with van der Waals surface area (Å²) in [6, 6.07) is 15.3. The number of nitrogens with one attached hydrogen (secondary N) is 1. The largest absolute Gasteiger partial charge is 0.397 e. The van der Waals surface area contributed by atoms with Crippen molar-refractivity contribution in [2.75, 3.05) is 29.5 Å². The molecule has 0 aliphatic carbocycles. The lowest BCUT2D eigenvalue weighted by Gasteiger charge is -2.19. The molecule has 0 aliphatic rings. The van der Waals surface area contributed by atoms with E-state index in [9.17, 15) is 4.79 Å². The SMILES string of the molecule is Cc1cccc(N(C)CC(=O)Nc2ccccc2N)c1. The zero-order valence-corrected chi connectivity index (χ0v) is 11.8. The molecule has 1 amide bonds. The third-order valence-electron chi connectivity index (χ3n) is 3.06. The molecule has 0 aliphatic heterocycles. The zero-order chi connectivity index (χ0) is 14.5. The second-order valence-electron chi connectivity index (χ2n) is 4.83. The van der Waals surface area contributed by atoms with Crippen molar-refractivity contribution in [3.05, 3.63) is 54.1 Å². The second kappa shape index (κ2) is 6.10. The van der Waals surface area contributed by atoms with Crippen LogP contribution in [0.4, 0.5) is 17.1 Å². The molecule has 0 aromatic heterocycles. The first-order valence-corrected chi connectivity index (χ1v) is 6.48. The number of carbonyl (C=O) groups is 1. The molecule has 0 saturated carbocycles. The van der Waals surface area contributed by atoms with E-state index < -0.39 is 0 Å². The smallest absolute Gasteiger partial charge is 0.243 e. The Balaban J connectivity index is 2.00. The van der Waals surface area contributed by atoms with E-state index in [1.54, 1.807) is 12.1 Å². The maximum atomic E-state index is 12.0. The maximum absolute atomic E-state index is 12.0. The standard InChI is InChI=1S/C16H19N3O/c1-12-6-5-7-13(10-12)19(2)11-16(20)18-15-9-4-3-8-14(15)17/h3-10H,11,17H2,1-2H3,(H,18,20). The van der Waals surface area contributed by atoms with Gasteiger partial charge in [0.25, 0.3) is 0 Å². The number of para-hydroxylation sites is 2. The summed E-state index contributed by atoms with van der Waals surface area (Å²) in [6.45, 7) is 2.31. The van der Waals surface area contributed by atoms with Gasteiger partial charge in [0.2, 0.25) is 5.91 Å². The van der Waals surface area contributed by atoms with Crippen molar-refractivity contribution in [3.8, 4) is 0 Å². The highest BCUT2D eigenvalue weighted by Crippen LogP contribution is 2.17. The Morgan fingerprint density at radius 2 is 1.95 bits per heavy atom. The van der Waals surface area contributed by atoms with E-state index >= 15 is 0 Å². The normalized spacial score (nSPS) is 10.1. The molecule has 0 unspecified atom stereocenters. The topological polar surface area (TPSA) is 58.4 Å². The highest BCUT2D eigenvalue weighted by molar-refractivity contribution is 5.96. The van der Waals surface area contributed by atoms with Gasteiger partial charge in [-0.25, -0.2) is 0 Å². The summed E-state index contributed by atoms with van der Waals surface area (Å²) >= 11 is 0. The van der Waals surface area contributed by atoms with Gasteiger partial charge in [-0.2, -0.15) is 0 Å². The van der Waals surface area contributed by atoms with E-state index in [-0.39, 0.29) is 12.5 Å². The van der Waals surface area contributed by atoms with Crippen molar-refractivity contribution in [1.29, 1.82) is 0 Å². The molecule has 0 spiro atoms. The Labute approximate surface area is 119 Å². The fourth-order valence-corrected chi connectivity index (χ4v) is 1.97. The van der Waals surface area contributed by atoms with E-state index in [0.29, 0.717) is 11.4 Å². The lowest BCUT2D eigenvalue weighted by molar-refractivity contribution is -0.114. The van der Waals surface area contributed by atoms with Crippen LogP contribution in [0.5, 0.6) is 0 Å². The number of likely N-dealkylation sites (N-methyl/N-ethyl adjacent to an activating group) is 1. The van der Waals surface area contributed by atoms with Crippen molar-refractivity contribution in [3.63, 3.8) is 0 Å². The number of nitrogen functional groups attached to an aromatic ring is 1. The van der Waals surface area contributed by atoms with Gasteiger partial charge in [-0.1, -0.05) is 24.3 Å². The minimum absolute atomic E-state index is 0.0908. The molecule has 0 atom stereocenters. The molecule has 4 heteroatoms. The van der Waals surface area contributed by atoms with Crippen molar-refractivity contribution >= 4 is 23.0 Å². The third kappa shape index (κ3) is 3.51. The van der Waals surface area contributed by atoms with E-state index in [0.717, 1.165) is 5.69 Å². The van der Waals surface area contributed by atoms with Crippen LogP contribution in [0.2, 0.25) is 0 Å². The lowest BCUT2D eigenvalue weighted by atomic mass is 10.2. The summed E-state index contributed by atoms with van der Waals surface area (Å²) in [6.07, 6.45) is 0. The molecule has 104 valence electrons. The Bertz CT molecular complexity index is 610. The quantitative estimate of drug-likeness (QED) is 0.839. The number of hydrogen-bond acceptors (Lipinski definition) is 3. The number of nitrogens with two attached hydrogens (primary N) is 1. The van der Waals surface area contributed by atoms with Crippen LogP contribution in [0.3, 0.4) is 0 Å². The first kappa shape index (κ1) is 13.9. The number of anilines is 3. The summed E-state index contributed by atoms with van der Waals surface area (Å²) < 4.78 is 0. The monoisotopic (exact) mass is 269 g/mol. The molecule has 2 rings (SSSR count). The van der Waals surface area contributed by atoms with Gasteiger partial charge in [0, 0.05) is 12.7 Å². The third-order valence-corrected chi connectivity index (χ3v) is 3.06. The summed E-state index contributed by atoms with van der Waals surface area (Å²) in [7, 11) is 1.89. The minimum atomic E-state index is -0.0908. The van der Waals surface area contributed by atoms with Gasteiger partial charge < -0.3 is 16.0 Å². The molecule has 4 nitrogen and oxygen atoms in total. The van der Waals surface area contributed by atoms with E-state index in [1.807, 2.05) is 55.3 Å². The fraction of sp³-hybridized carbons (Fsp3) is 0.188. The van der Waals surface area contributed by atoms with Crippen molar-refractivity contribution in [2.24, 2.45) is 0 Å². The van der Waals surface area contributed by atoms with Crippen LogP contribution >= 0.6 is 0 Å². The first-order valence-electron chi connectivity index (χ1n) is 6.48. The molecular formula is C16H19N3O. The first-order chi connectivity index (χ1) is 9.56. The number of amides is 1. The molecule has 3 N–H and O–H groups in total. The number of nitrogens with zero attached hydrogens (tertiary/aromatic N) is 1. The molecular weight excluding hydrogens is 250 g/mol. The molecule has 2 aromatic carbocycles. The van der Waals surface area contributed by atoms with Crippen LogP contribution in [0.25, 0.3) is 0 Å². The van der Waals surface area contributed by atoms with Gasteiger partial charge >= 0.3 is 0 Å². The van der Waals surface area contributed by atoms with Gasteiger partial charge in [-0.05, 0) is 36.8 Å². The number of hydrogen-bond donors (Lipinski definition) is 2. The highest BCUT2D eigenvalue weighted by atomic mass is 16.2. The van der Waals surface area contributed by atoms with Crippen LogP contribution < -0.4 is 16.0 Å². The van der Waals surface area contributed by atoms with Crippen LogP contribution in [0.15, 0.2) is 48.5 Å². The number of rotatable bonds is 4. The molecule has 2 aromatic rings. The fourth-order valence-electron chi connectivity index (χ4n) is 1.97. The van der Waals surface area contributed by atoms with E-state index in [1.165, 1.54) is 5.56 Å². The average Bonchev–Trinajstić information content (AvgIpc) is 2.41. The average molecular weight is 269 g/mol. The highest BCUT2D eigenvalue weighted by Gasteiger charge is 2.09. The predicted octanol–water partition coefficient (Wildman–Crippen LogP) is 2.65. The summed E-state index contributed by atoms with van der Waals surface area (Å²) in [4.78, 5) is 13.9. The maximum Gasteiger partial charge on any atom is 0.243 e. The Kier molecular flexibility index (Phi) is 4.25. The van der Waals surface area contributed by atoms with Gasteiger partial charge in [0.15, 0.2) is 0 Å². The molecule has 0 radical (unpaired) electrons. The second-order valence-corrected chi connectivity index (χ2v) is 4.83.